The Bertz CT molecular complexity index is 551. The monoisotopic (exact) mass is 337 g/mol. The fraction of sp³-hybridized carbons (Fsp3) is 0.533. The summed E-state index contributed by atoms with van der Waals surface area (Å²) in [7, 11) is 1.15. The molecule has 0 aliphatic rings. The van der Waals surface area contributed by atoms with Gasteiger partial charge < -0.3 is 4.79 Å². The fourth-order valence-corrected chi connectivity index (χ4v) is 2.24. The van der Waals surface area contributed by atoms with Crippen molar-refractivity contribution in [2.24, 2.45) is 5.41 Å². The van der Waals surface area contributed by atoms with E-state index in [1.165, 1.54) is 6.92 Å². The van der Waals surface area contributed by atoms with Crippen molar-refractivity contribution < 1.29 is 31.1 Å². The third kappa shape index (κ3) is 5.29. The second-order valence-corrected chi connectivity index (χ2v) is 6.46. The number of alkyl halides is 6. The maximum atomic E-state index is 12.9. The summed E-state index contributed by atoms with van der Waals surface area (Å²) in [5.74, 6) is -0.872. The van der Waals surface area contributed by atoms with Gasteiger partial charge in [-0.1, -0.05) is 26.3 Å². The highest BCUT2D eigenvalue weighted by Gasteiger charge is 2.39. The van der Waals surface area contributed by atoms with Gasteiger partial charge in [-0.05, 0) is 36.4 Å². The van der Waals surface area contributed by atoms with Crippen molar-refractivity contribution in [1.29, 1.82) is 0 Å². The van der Waals surface area contributed by atoms with E-state index < -0.39 is 40.4 Å². The standard InChI is InChI=1S/C15H16BF6O/c1-8(23)16-12(13(2,3)4)9-5-10(14(17,18)19)7-11(6-9)15(20,21)22/h5-7,12H,1-4H3. The predicted octanol–water partition coefficient (Wildman–Crippen LogP) is 5.06. The van der Waals surface area contributed by atoms with Gasteiger partial charge in [0.25, 0.3) is 0 Å². The molecule has 1 aromatic carbocycles. The third-order valence-corrected chi connectivity index (χ3v) is 3.30. The van der Waals surface area contributed by atoms with Gasteiger partial charge in [0.2, 0.25) is 7.28 Å². The number of carbonyl (C=O) groups is 1. The third-order valence-electron chi connectivity index (χ3n) is 3.30. The van der Waals surface area contributed by atoms with Crippen molar-refractivity contribution >= 4 is 13.0 Å². The molecule has 0 saturated heterocycles. The van der Waals surface area contributed by atoms with Gasteiger partial charge in [-0.25, -0.2) is 0 Å². The van der Waals surface area contributed by atoms with E-state index in [0.717, 1.165) is 7.28 Å². The maximum absolute atomic E-state index is 12.9. The van der Waals surface area contributed by atoms with Crippen LogP contribution in [-0.4, -0.2) is 13.0 Å². The van der Waals surface area contributed by atoms with Crippen molar-refractivity contribution in [3.63, 3.8) is 0 Å². The molecule has 127 valence electrons. The first-order valence-electron chi connectivity index (χ1n) is 6.77. The highest BCUT2D eigenvalue weighted by Crippen LogP contribution is 2.41. The summed E-state index contributed by atoms with van der Waals surface area (Å²) < 4.78 is 77.5. The molecule has 1 atom stereocenters. The van der Waals surface area contributed by atoms with Crippen molar-refractivity contribution in [3.05, 3.63) is 34.9 Å². The van der Waals surface area contributed by atoms with Crippen molar-refractivity contribution in [2.45, 2.75) is 45.9 Å². The largest absolute Gasteiger partial charge is 0.416 e. The lowest BCUT2D eigenvalue weighted by molar-refractivity contribution is -0.143. The molecule has 0 amide bonds. The summed E-state index contributed by atoms with van der Waals surface area (Å²) >= 11 is 0. The van der Waals surface area contributed by atoms with Gasteiger partial charge in [-0.3, -0.25) is 0 Å². The van der Waals surface area contributed by atoms with Gasteiger partial charge in [-0.15, -0.1) is 0 Å². The average Bonchev–Trinajstić information content (AvgIpc) is 2.31. The van der Waals surface area contributed by atoms with E-state index in [-0.39, 0.29) is 11.6 Å². The lowest BCUT2D eigenvalue weighted by Gasteiger charge is -2.31. The topological polar surface area (TPSA) is 17.1 Å². The zero-order valence-corrected chi connectivity index (χ0v) is 13.1. The quantitative estimate of drug-likeness (QED) is 0.556. The number of hydrogen-bond acceptors (Lipinski definition) is 1. The van der Waals surface area contributed by atoms with Gasteiger partial charge in [0.15, 0.2) is 0 Å². The Hall–Kier alpha value is -1.47. The van der Waals surface area contributed by atoms with Crippen LogP contribution in [0.2, 0.25) is 0 Å². The van der Waals surface area contributed by atoms with Crippen LogP contribution in [0.25, 0.3) is 0 Å². The number of carbonyl (C=O) groups excluding carboxylic acids is 1. The van der Waals surface area contributed by atoms with Crippen LogP contribution < -0.4 is 0 Å². The van der Waals surface area contributed by atoms with Gasteiger partial charge in [0, 0.05) is 0 Å². The van der Waals surface area contributed by atoms with Crippen LogP contribution in [0.15, 0.2) is 18.2 Å². The van der Waals surface area contributed by atoms with Crippen LogP contribution in [0.4, 0.5) is 26.3 Å². The Balaban J connectivity index is 3.57. The van der Waals surface area contributed by atoms with Gasteiger partial charge in [0.05, 0.1) is 16.8 Å². The maximum Gasteiger partial charge on any atom is 0.416 e. The zero-order chi connectivity index (χ0) is 18.2. The molecular weight excluding hydrogens is 321 g/mol. The molecule has 0 N–H and O–H groups in total. The molecule has 1 radical (unpaired) electrons. The van der Waals surface area contributed by atoms with E-state index in [4.69, 9.17) is 0 Å². The number of hydrogen-bond donors (Lipinski definition) is 0. The Morgan fingerprint density at radius 3 is 1.57 bits per heavy atom. The van der Waals surface area contributed by atoms with Gasteiger partial charge in [-0.2, -0.15) is 26.3 Å². The molecule has 0 fully saturated rings. The molecule has 0 heterocycles. The van der Waals surface area contributed by atoms with Crippen molar-refractivity contribution in [1.82, 2.24) is 0 Å². The van der Waals surface area contributed by atoms with Gasteiger partial charge >= 0.3 is 12.4 Å². The first-order valence-corrected chi connectivity index (χ1v) is 6.77. The molecule has 0 aliphatic heterocycles. The van der Waals surface area contributed by atoms with E-state index in [0.29, 0.717) is 12.1 Å². The number of halogens is 6. The average molecular weight is 337 g/mol. The second kappa shape index (κ2) is 6.21. The lowest BCUT2D eigenvalue weighted by atomic mass is 9.50. The van der Waals surface area contributed by atoms with Crippen LogP contribution in [0.1, 0.15) is 50.2 Å². The summed E-state index contributed by atoms with van der Waals surface area (Å²) in [5.41, 5.74) is -4.09. The molecule has 0 saturated carbocycles. The fourth-order valence-electron chi connectivity index (χ4n) is 2.24. The van der Waals surface area contributed by atoms with Crippen LogP contribution in [-0.2, 0) is 17.1 Å². The van der Waals surface area contributed by atoms with Crippen LogP contribution in [0.3, 0.4) is 0 Å². The minimum atomic E-state index is -4.91. The van der Waals surface area contributed by atoms with Gasteiger partial charge in [0.1, 0.15) is 0 Å². The van der Waals surface area contributed by atoms with E-state index >= 15 is 0 Å². The minimum Gasteiger partial charge on any atom is -0.312 e. The summed E-state index contributed by atoms with van der Waals surface area (Å²) in [6.45, 7) is 6.14. The molecule has 0 aromatic heterocycles. The van der Waals surface area contributed by atoms with Crippen LogP contribution in [0.5, 0.6) is 0 Å². The molecule has 1 nitrogen and oxygen atoms in total. The summed E-state index contributed by atoms with van der Waals surface area (Å²) in [5, 5.41) is 0. The molecule has 23 heavy (non-hydrogen) atoms. The Kier molecular flexibility index (Phi) is 5.28. The van der Waals surface area contributed by atoms with Crippen molar-refractivity contribution in [3.8, 4) is 0 Å². The van der Waals surface area contributed by atoms with Crippen molar-refractivity contribution in [2.75, 3.05) is 0 Å². The van der Waals surface area contributed by atoms with E-state index in [9.17, 15) is 31.1 Å². The molecule has 8 heteroatoms. The molecule has 1 aromatic rings. The van der Waals surface area contributed by atoms with Crippen LogP contribution >= 0.6 is 0 Å². The summed E-state index contributed by atoms with van der Waals surface area (Å²) in [6.07, 6.45) is -9.82. The molecule has 1 unspecified atom stereocenters. The smallest absolute Gasteiger partial charge is 0.312 e. The number of rotatable bonds is 3. The van der Waals surface area contributed by atoms with Crippen LogP contribution in [0, 0.1) is 5.41 Å². The van der Waals surface area contributed by atoms with E-state index in [1.807, 2.05) is 0 Å². The first-order chi connectivity index (χ1) is 10.1. The SMILES string of the molecule is CC(=O)[B]C(c1cc(C(F)(F)F)cc(C(F)(F)F)c1)C(C)(C)C. The minimum absolute atomic E-state index is 0.0803. The summed E-state index contributed by atoms with van der Waals surface area (Å²) in [6, 6.07) is 1.42. The second-order valence-electron chi connectivity index (χ2n) is 6.46. The normalized spacial score (nSPS) is 14.5. The lowest BCUT2D eigenvalue weighted by Crippen LogP contribution is -2.29. The van der Waals surface area contributed by atoms with E-state index in [1.54, 1.807) is 20.8 Å². The molecular formula is C15H16BF6O. The highest BCUT2D eigenvalue weighted by atomic mass is 19.4. The molecule has 0 bridgehead atoms. The zero-order valence-electron chi connectivity index (χ0n) is 13.1. The molecule has 1 rings (SSSR count). The summed E-state index contributed by atoms with van der Waals surface area (Å²) in [4.78, 5) is 11.3. The molecule has 0 aliphatic carbocycles. The Morgan fingerprint density at radius 1 is 0.913 bits per heavy atom. The molecule has 0 spiro atoms. The number of benzene rings is 1. The predicted molar refractivity (Wildman–Crippen MR) is 75.1 cm³/mol. The van der Waals surface area contributed by atoms with E-state index in [2.05, 4.69) is 0 Å². The Morgan fingerprint density at radius 2 is 1.30 bits per heavy atom. The first kappa shape index (κ1) is 19.6. The Labute approximate surface area is 131 Å². The highest BCUT2D eigenvalue weighted by molar-refractivity contribution is 6.74.